The highest BCUT2D eigenvalue weighted by Gasteiger charge is 2.42. The van der Waals surface area contributed by atoms with Crippen LogP contribution in [0.25, 0.3) is 5.70 Å². The van der Waals surface area contributed by atoms with Gasteiger partial charge in [0.1, 0.15) is 23.9 Å². The highest BCUT2D eigenvalue weighted by molar-refractivity contribution is 5.85. The molecule has 0 fully saturated rings. The van der Waals surface area contributed by atoms with Crippen LogP contribution in [0.3, 0.4) is 0 Å². The van der Waals surface area contributed by atoms with Crippen molar-refractivity contribution in [2.45, 2.75) is 12.1 Å². The molecule has 182 valence electrons. The number of methoxy groups -OCH3 is 3. The summed E-state index contributed by atoms with van der Waals surface area (Å²) >= 11 is 0. The van der Waals surface area contributed by atoms with Crippen molar-refractivity contribution in [2.75, 3.05) is 26.6 Å². The summed E-state index contributed by atoms with van der Waals surface area (Å²) < 4.78 is 39.3. The van der Waals surface area contributed by atoms with Gasteiger partial charge in [0.25, 0.3) is 0 Å². The maximum atomic E-state index is 13.9. The van der Waals surface area contributed by atoms with Crippen LogP contribution < -0.4 is 24.3 Å². The van der Waals surface area contributed by atoms with E-state index in [9.17, 15) is 4.39 Å². The summed E-state index contributed by atoms with van der Waals surface area (Å²) in [5.74, 6) is 2.47. The summed E-state index contributed by atoms with van der Waals surface area (Å²) in [5, 5.41) is 7.95. The van der Waals surface area contributed by atoms with Crippen molar-refractivity contribution in [2.24, 2.45) is 0 Å². The molecule has 0 saturated heterocycles. The molecule has 0 spiro atoms. The molecule has 0 radical (unpaired) electrons. The van der Waals surface area contributed by atoms with E-state index in [1.54, 1.807) is 38.1 Å². The minimum absolute atomic E-state index is 0.316. The first kappa shape index (κ1) is 22.0. The molecular weight excluding hydrogens is 463 g/mol. The van der Waals surface area contributed by atoms with Crippen molar-refractivity contribution < 1.29 is 23.3 Å². The number of para-hydroxylation sites is 1. The average Bonchev–Trinajstić information content (AvgIpc) is 3.39. The molecule has 0 saturated carbocycles. The van der Waals surface area contributed by atoms with Gasteiger partial charge in [0.15, 0.2) is 17.6 Å². The van der Waals surface area contributed by atoms with Crippen molar-refractivity contribution in [1.82, 2.24) is 14.8 Å². The number of halogens is 1. The summed E-state index contributed by atoms with van der Waals surface area (Å²) in [6.45, 7) is 0. The van der Waals surface area contributed by atoms with Gasteiger partial charge in [-0.25, -0.2) is 9.07 Å². The molecule has 2 aliphatic rings. The van der Waals surface area contributed by atoms with Crippen LogP contribution in [-0.2, 0) is 0 Å². The van der Waals surface area contributed by atoms with Crippen LogP contribution in [0.1, 0.15) is 28.8 Å². The van der Waals surface area contributed by atoms with Gasteiger partial charge in [0.2, 0.25) is 11.7 Å². The van der Waals surface area contributed by atoms with E-state index < -0.39 is 12.1 Å². The maximum absolute atomic E-state index is 13.9. The molecule has 0 amide bonds. The Hall–Kier alpha value is -4.53. The summed E-state index contributed by atoms with van der Waals surface area (Å²) in [7, 11) is 4.73. The summed E-state index contributed by atoms with van der Waals surface area (Å²) in [6.07, 6.45) is 0.903. The third kappa shape index (κ3) is 3.27. The monoisotopic (exact) mass is 486 g/mol. The smallest absolute Gasteiger partial charge is 0.226 e. The number of hydrogen-bond acceptors (Lipinski definition) is 7. The summed E-state index contributed by atoms with van der Waals surface area (Å²) in [6, 6.07) is 17.5. The van der Waals surface area contributed by atoms with Gasteiger partial charge in [0, 0.05) is 16.7 Å². The van der Waals surface area contributed by atoms with E-state index in [1.807, 2.05) is 36.4 Å². The Morgan fingerprint density at radius 1 is 0.917 bits per heavy atom. The third-order valence-corrected chi connectivity index (χ3v) is 6.52. The van der Waals surface area contributed by atoms with Crippen molar-refractivity contribution in [3.8, 4) is 23.0 Å². The van der Waals surface area contributed by atoms with Crippen LogP contribution in [0.15, 0.2) is 72.6 Å². The Morgan fingerprint density at radius 3 is 2.44 bits per heavy atom. The average molecular weight is 487 g/mol. The normalized spacial score (nSPS) is 17.8. The van der Waals surface area contributed by atoms with E-state index in [4.69, 9.17) is 18.9 Å². The quantitative estimate of drug-likeness (QED) is 0.425. The zero-order chi connectivity index (χ0) is 24.8. The molecule has 1 aromatic heterocycles. The molecular formula is C27H23FN4O4. The fraction of sp³-hybridized carbons (Fsp3) is 0.185. The molecule has 0 bridgehead atoms. The Balaban J connectivity index is 1.64. The standard InChI is InChI=1S/C27H23FN4O4/c1-33-20-13-12-18(25(34-2)26(20)35-3)24-21-22(17-6-4-5-7-19(17)36-24)31-27-29-14-30-32(27)23(21)15-8-10-16(28)11-9-15/h4-14,23-24H,1-3H3,(H,29,30,31)/t23-,24+/m0/s1. The van der Waals surface area contributed by atoms with Crippen LogP contribution in [0.2, 0.25) is 0 Å². The van der Waals surface area contributed by atoms with Crippen molar-refractivity contribution in [3.05, 3.63) is 95.1 Å². The molecule has 3 heterocycles. The Labute approximate surface area is 206 Å². The highest BCUT2D eigenvalue weighted by Crippen LogP contribution is 2.53. The second-order valence-corrected chi connectivity index (χ2v) is 8.36. The minimum atomic E-state index is -0.593. The van der Waals surface area contributed by atoms with E-state index in [0.29, 0.717) is 28.9 Å². The Bertz CT molecular complexity index is 1480. The molecule has 9 heteroatoms. The number of rotatable bonds is 5. The van der Waals surface area contributed by atoms with Crippen LogP contribution in [0, 0.1) is 5.82 Å². The van der Waals surface area contributed by atoms with Crippen LogP contribution in [-0.4, -0.2) is 36.1 Å². The van der Waals surface area contributed by atoms with Crippen LogP contribution in [0.4, 0.5) is 10.3 Å². The number of benzene rings is 3. The maximum Gasteiger partial charge on any atom is 0.226 e. The first-order valence-corrected chi connectivity index (χ1v) is 11.4. The van der Waals surface area contributed by atoms with Gasteiger partial charge in [-0.15, -0.1) is 0 Å². The molecule has 1 N–H and O–H groups in total. The van der Waals surface area contributed by atoms with Crippen LogP contribution in [0.5, 0.6) is 23.0 Å². The van der Waals surface area contributed by atoms with E-state index in [-0.39, 0.29) is 5.82 Å². The van der Waals surface area contributed by atoms with Gasteiger partial charge in [-0.05, 0) is 42.0 Å². The van der Waals surface area contributed by atoms with Crippen molar-refractivity contribution in [1.29, 1.82) is 0 Å². The molecule has 2 atom stereocenters. The minimum Gasteiger partial charge on any atom is -0.493 e. The zero-order valence-electron chi connectivity index (χ0n) is 19.9. The molecule has 0 aliphatic carbocycles. The lowest BCUT2D eigenvalue weighted by molar-refractivity contribution is 0.215. The predicted octanol–water partition coefficient (Wildman–Crippen LogP) is 5.00. The van der Waals surface area contributed by atoms with Gasteiger partial charge >= 0.3 is 0 Å². The van der Waals surface area contributed by atoms with E-state index in [1.165, 1.54) is 18.5 Å². The van der Waals surface area contributed by atoms with Crippen molar-refractivity contribution >= 4 is 11.6 Å². The molecule has 0 unspecified atom stereocenters. The molecule has 4 aromatic rings. The summed E-state index contributed by atoms with van der Waals surface area (Å²) in [4.78, 5) is 4.43. The van der Waals surface area contributed by atoms with Crippen molar-refractivity contribution in [3.63, 3.8) is 0 Å². The van der Waals surface area contributed by atoms with E-state index in [2.05, 4.69) is 15.4 Å². The molecule has 8 nitrogen and oxygen atoms in total. The third-order valence-electron chi connectivity index (χ3n) is 6.52. The number of aromatic nitrogens is 3. The van der Waals surface area contributed by atoms with Gasteiger partial charge in [-0.3, -0.25) is 0 Å². The number of hydrogen-bond donors (Lipinski definition) is 1. The predicted molar refractivity (Wildman–Crippen MR) is 131 cm³/mol. The highest BCUT2D eigenvalue weighted by atomic mass is 19.1. The van der Waals surface area contributed by atoms with Gasteiger partial charge in [0.05, 0.1) is 27.0 Å². The summed E-state index contributed by atoms with van der Waals surface area (Å²) in [5.41, 5.74) is 4.21. The molecule has 36 heavy (non-hydrogen) atoms. The number of ether oxygens (including phenoxy) is 4. The molecule has 3 aromatic carbocycles. The lowest BCUT2D eigenvalue weighted by atomic mass is 9.84. The fourth-order valence-corrected chi connectivity index (χ4v) is 4.97. The number of nitrogens with zero attached hydrogens (tertiary/aromatic N) is 3. The number of nitrogens with one attached hydrogen (secondary N) is 1. The van der Waals surface area contributed by atoms with E-state index >= 15 is 0 Å². The number of anilines is 1. The fourth-order valence-electron chi connectivity index (χ4n) is 4.97. The second-order valence-electron chi connectivity index (χ2n) is 8.36. The van der Waals surface area contributed by atoms with Gasteiger partial charge < -0.3 is 24.3 Å². The Kier molecular flexibility index (Phi) is 5.25. The first-order valence-electron chi connectivity index (χ1n) is 11.4. The van der Waals surface area contributed by atoms with Gasteiger partial charge in [-0.2, -0.15) is 10.1 Å². The molecule has 6 rings (SSSR count). The van der Waals surface area contributed by atoms with Crippen LogP contribution >= 0.6 is 0 Å². The largest absolute Gasteiger partial charge is 0.493 e. The van der Waals surface area contributed by atoms with Gasteiger partial charge in [-0.1, -0.05) is 24.3 Å². The van der Waals surface area contributed by atoms with E-state index in [0.717, 1.165) is 28.0 Å². The SMILES string of the molecule is COc1ccc([C@H]2Oc3ccccc3C3=C2[C@H](c2ccc(F)cc2)n2ncnc2N3)c(OC)c1OC. The Morgan fingerprint density at radius 2 is 1.69 bits per heavy atom. The number of fused-ring (bicyclic) bond motifs is 3. The lowest BCUT2D eigenvalue weighted by Crippen LogP contribution is -2.32. The second kappa shape index (κ2) is 8.60. The zero-order valence-corrected chi connectivity index (χ0v) is 19.9. The molecule has 2 aliphatic heterocycles. The lowest BCUT2D eigenvalue weighted by Gasteiger charge is -2.39. The first-order chi connectivity index (χ1) is 17.6. The topological polar surface area (TPSA) is 79.7 Å².